The molecule has 2 N–H and O–H groups in total. The molecule has 1 unspecified atom stereocenters. The Morgan fingerprint density at radius 3 is 2.54 bits per heavy atom. The molecule has 72 valence electrons. The first-order valence-corrected chi connectivity index (χ1v) is 5.04. The van der Waals surface area contributed by atoms with Crippen LogP contribution in [0.2, 0.25) is 0 Å². The zero-order valence-electron chi connectivity index (χ0n) is 8.80. The maximum absolute atomic E-state index is 6.04. The molecule has 1 aromatic carbocycles. The molecule has 0 aromatic heterocycles. The van der Waals surface area contributed by atoms with E-state index in [9.17, 15) is 0 Å². The van der Waals surface area contributed by atoms with Gasteiger partial charge in [0.25, 0.3) is 0 Å². The van der Waals surface area contributed by atoms with Gasteiger partial charge >= 0.3 is 0 Å². The zero-order chi connectivity index (χ0) is 9.84. The van der Waals surface area contributed by atoms with Crippen molar-refractivity contribution in [3.8, 4) is 0 Å². The summed E-state index contributed by atoms with van der Waals surface area (Å²) in [5.41, 5.74) is 10.1. The second kappa shape index (κ2) is 4.43. The third-order valence-electron chi connectivity index (χ3n) is 2.52. The summed E-state index contributed by atoms with van der Waals surface area (Å²) < 4.78 is 0. The first-order chi connectivity index (χ1) is 6.19. The van der Waals surface area contributed by atoms with Crippen LogP contribution in [0.4, 0.5) is 0 Å². The molecule has 0 fully saturated rings. The molecule has 0 aliphatic carbocycles. The first kappa shape index (κ1) is 10.3. The van der Waals surface area contributed by atoms with Crippen molar-refractivity contribution in [1.29, 1.82) is 0 Å². The van der Waals surface area contributed by atoms with E-state index in [0.717, 1.165) is 12.8 Å². The van der Waals surface area contributed by atoms with Gasteiger partial charge in [-0.2, -0.15) is 0 Å². The van der Waals surface area contributed by atoms with E-state index in [4.69, 9.17) is 5.73 Å². The molecular weight excluding hydrogens is 158 g/mol. The number of hydrogen-bond acceptors (Lipinski definition) is 1. The molecule has 0 bridgehead atoms. The second-order valence-corrected chi connectivity index (χ2v) is 3.57. The van der Waals surface area contributed by atoms with E-state index in [1.54, 1.807) is 0 Å². The molecule has 1 rings (SSSR count). The third kappa shape index (κ3) is 2.31. The van der Waals surface area contributed by atoms with Crippen LogP contribution in [0.3, 0.4) is 0 Å². The Morgan fingerprint density at radius 1 is 1.31 bits per heavy atom. The quantitative estimate of drug-likeness (QED) is 0.754. The lowest BCUT2D eigenvalue weighted by Crippen LogP contribution is -2.11. The van der Waals surface area contributed by atoms with E-state index in [0.29, 0.717) is 0 Å². The van der Waals surface area contributed by atoms with Gasteiger partial charge in [-0.3, -0.25) is 0 Å². The fourth-order valence-electron chi connectivity index (χ4n) is 1.60. The maximum Gasteiger partial charge on any atom is 0.0295 e. The highest BCUT2D eigenvalue weighted by molar-refractivity contribution is 5.33. The lowest BCUT2D eigenvalue weighted by molar-refractivity contribution is 0.689. The van der Waals surface area contributed by atoms with Crippen molar-refractivity contribution in [3.63, 3.8) is 0 Å². The molecule has 0 saturated heterocycles. The monoisotopic (exact) mass is 177 g/mol. The van der Waals surface area contributed by atoms with Crippen molar-refractivity contribution in [2.24, 2.45) is 5.73 Å². The summed E-state index contributed by atoms with van der Waals surface area (Å²) in [7, 11) is 0. The highest BCUT2D eigenvalue weighted by atomic mass is 14.6. The Kier molecular flexibility index (Phi) is 3.49. The number of benzene rings is 1. The topological polar surface area (TPSA) is 26.0 Å². The molecule has 0 spiro atoms. The standard InChI is InChI=1S/C12H19N/c1-4-10-7-6-9(3)8-11(10)12(13)5-2/h6-8,12H,4-5,13H2,1-3H3. The van der Waals surface area contributed by atoms with Gasteiger partial charge in [0.1, 0.15) is 0 Å². The minimum atomic E-state index is 0.204. The molecule has 0 amide bonds. The number of nitrogens with two attached hydrogens (primary N) is 1. The van der Waals surface area contributed by atoms with Crippen LogP contribution in [0.15, 0.2) is 18.2 Å². The van der Waals surface area contributed by atoms with Crippen LogP contribution in [0.5, 0.6) is 0 Å². The molecular formula is C12H19N. The lowest BCUT2D eigenvalue weighted by atomic mass is 9.96. The number of aryl methyl sites for hydroxylation is 2. The van der Waals surface area contributed by atoms with Gasteiger partial charge in [-0.1, -0.05) is 37.6 Å². The van der Waals surface area contributed by atoms with Crippen molar-refractivity contribution in [2.75, 3.05) is 0 Å². The van der Waals surface area contributed by atoms with Crippen molar-refractivity contribution >= 4 is 0 Å². The highest BCUT2D eigenvalue weighted by Gasteiger charge is 2.07. The van der Waals surface area contributed by atoms with Gasteiger partial charge in [0, 0.05) is 6.04 Å². The predicted octanol–water partition coefficient (Wildman–Crippen LogP) is 2.97. The van der Waals surface area contributed by atoms with Gasteiger partial charge in [-0.25, -0.2) is 0 Å². The van der Waals surface area contributed by atoms with Crippen molar-refractivity contribution in [2.45, 2.75) is 39.7 Å². The molecule has 1 heteroatoms. The Morgan fingerprint density at radius 2 is 2.00 bits per heavy atom. The van der Waals surface area contributed by atoms with Gasteiger partial charge in [-0.05, 0) is 30.9 Å². The summed E-state index contributed by atoms with van der Waals surface area (Å²) in [6.45, 7) is 6.42. The Bertz CT molecular complexity index is 278. The van der Waals surface area contributed by atoms with Gasteiger partial charge in [0.05, 0.1) is 0 Å². The minimum absolute atomic E-state index is 0.204. The van der Waals surface area contributed by atoms with Gasteiger partial charge in [0.15, 0.2) is 0 Å². The van der Waals surface area contributed by atoms with Crippen LogP contribution in [0.1, 0.15) is 43.0 Å². The Hall–Kier alpha value is -0.820. The summed E-state index contributed by atoms with van der Waals surface area (Å²) in [5.74, 6) is 0. The third-order valence-corrected chi connectivity index (χ3v) is 2.52. The normalized spacial score (nSPS) is 12.9. The number of hydrogen-bond donors (Lipinski definition) is 1. The highest BCUT2D eigenvalue weighted by Crippen LogP contribution is 2.20. The van der Waals surface area contributed by atoms with Gasteiger partial charge in [-0.15, -0.1) is 0 Å². The van der Waals surface area contributed by atoms with Gasteiger partial charge < -0.3 is 5.73 Å². The fourth-order valence-corrected chi connectivity index (χ4v) is 1.60. The Labute approximate surface area is 81.0 Å². The van der Waals surface area contributed by atoms with Crippen LogP contribution in [-0.4, -0.2) is 0 Å². The van der Waals surface area contributed by atoms with Gasteiger partial charge in [0.2, 0.25) is 0 Å². The van der Waals surface area contributed by atoms with Crippen LogP contribution in [0, 0.1) is 6.92 Å². The summed E-state index contributed by atoms with van der Waals surface area (Å²) in [5, 5.41) is 0. The smallest absolute Gasteiger partial charge is 0.0295 e. The van der Waals surface area contributed by atoms with Crippen LogP contribution in [-0.2, 0) is 6.42 Å². The van der Waals surface area contributed by atoms with Crippen molar-refractivity contribution in [1.82, 2.24) is 0 Å². The van der Waals surface area contributed by atoms with Crippen LogP contribution < -0.4 is 5.73 Å². The minimum Gasteiger partial charge on any atom is -0.324 e. The van der Waals surface area contributed by atoms with E-state index in [-0.39, 0.29) is 6.04 Å². The maximum atomic E-state index is 6.04. The first-order valence-electron chi connectivity index (χ1n) is 5.04. The summed E-state index contributed by atoms with van der Waals surface area (Å²) in [6, 6.07) is 6.77. The van der Waals surface area contributed by atoms with Crippen molar-refractivity contribution in [3.05, 3.63) is 34.9 Å². The average Bonchev–Trinajstić information content (AvgIpc) is 2.16. The molecule has 0 heterocycles. The summed E-state index contributed by atoms with van der Waals surface area (Å²) in [4.78, 5) is 0. The Balaban J connectivity index is 3.07. The second-order valence-electron chi connectivity index (χ2n) is 3.57. The molecule has 1 nitrogen and oxygen atoms in total. The molecule has 0 saturated carbocycles. The van der Waals surface area contributed by atoms with E-state index in [2.05, 4.69) is 39.0 Å². The molecule has 13 heavy (non-hydrogen) atoms. The lowest BCUT2D eigenvalue weighted by Gasteiger charge is -2.14. The van der Waals surface area contributed by atoms with Crippen LogP contribution >= 0.6 is 0 Å². The van der Waals surface area contributed by atoms with Crippen LogP contribution in [0.25, 0.3) is 0 Å². The molecule has 1 atom stereocenters. The molecule has 0 radical (unpaired) electrons. The average molecular weight is 177 g/mol. The molecule has 1 aromatic rings. The SMILES string of the molecule is CCc1ccc(C)cc1C(N)CC. The van der Waals surface area contributed by atoms with E-state index in [1.165, 1.54) is 16.7 Å². The van der Waals surface area contributed by atoms with E-state index in [1.807, 2.05) is 0 Å². The van der Waals surface area contributed by atoms with Crippen molar-refractivity contribution < 1.29 is 0 Å². The summed E-state index contributed by atoms with van der Waals surface area (Å²) in [6.07, 6.45) is 2.08. The zero-order valence-corrected chi connectivity index (χ0v) is 8.80. The summed E-state index contributed by atoms with van der Waals surface area (Å²) >= 11 is 0. The van der Waals surface area contributed by atoms with E-state index < -0.39 is 0 Å². The molecule has 0 aliphatic heterocycles. The fraction of sp³-hybridized carbons (Fsp3) is 0.500. The molecule has 0 aliphatic rings. The predicted molar refractivity (Wildman–Crippen MR) is 57.8 cm³/mol. The largest absolute Gasteiger partial charge is 0.324 e. The van der Waals surface area contributed by atoms with E-state index >= 15 is 0 Å². The number of rotatable bonds is 3.